The van der Waals surface area contributed by atoms with Crippen LogP contribution in [0.25, 0.3) is 0 Å². The molecule has 3 amide bonds. The number of nitrogens with one attached hydrogen (secondary N) is 1. The number of unbranched alkanes of at least 4 members (excludes halogenated alkanes) is 1. The van der Waals surface area contributed by atoms with E-state index >= 15 is 0 Å². The van der Waals surface area contributed by atoms with Crippen LogP contribution in [0, 0.1) is 0 Å². The first kappa shape index (κ1) is 20.4. The Balaban J connectivity index is 2.26. The van der Waals surface area contributed by atoms with E-state index in [-0.39, 0.29) is 18.0 Å². The molecule has 0 aliphatic heterocycles. The number of hydrogen-bond donors (Lipinski definition) is 1. The Morgan fingerprint density at radius 1 is 0.926 bits per heavy atom. The molecule has 0 radical (unpaired) electrons. The third-order valence-corrected chi connectivity index (χ3v) is 4.59. The van der Waals surface area contributed by atoms with Crippen LogP contribution < -0.4 is 5.32 Å². The van der Waals surface area contributed by atoms with Crippen LogP contribution in [0.4, 0.5) is 4.79 Å². The van der Waals surface area contributed by atoms with Gasteiger partial charge in [0.25, 0.3) is 5.91 Å². The van der Waals surface area contributed by atoms with Crippen molar-refractivity contribution in [2.24, 2.45) is 0 Å². The van der Waals surface area contributed by atoms with Crippen LogP contribution >= 0.6 is 0 Å². The normalized spacial score (nSPS) is 13.1. The van der Waals surface area contributed by atoms with E-state index in [1.165, 1.54) is 6.08 Å². The summed E-state index contributed by atoms with van der Waals surface area (Å²) in [5, 5.41) is 2.50. The maximum atomic E-state index is 13.0. The fourth-order valence-electron chi connectivity index (χ4n) is 3.04. The first-order valence-corrected chi connectivity index (χ1v) is 9.44. The fraction of sp³-hybridized carbons (Fsp3) is 0.304. The molecule has 0 bridgehead atoms. The number of carbonyl (C=O) groups is 2. The summed E-state index contributed by atoms with van der Waals surface area (Å²) < 4.78 is 0. The van der Waals surface area contributed by atoms with Crippen molar-refractivity contribution >= 4 is 11.9 Å². The number of urea groups is 1. The van der Waals surface area contributed by atoms with Gasteiger partial charge in [0.2, 0.25) is 0 Å². The minimum absolute atomic E-state index is 0.186. The zero-order valence-corrected chi connectivity index (χ0v) is 16.3. The average Bonchev–Trinajstić information content (AvgIpc) is 2.69. The predicted octanol–water partition coefficient (Wildman–Crippen LogP) is 5.40. The third-order valence-electron chi connectivity index (χ3n) is 4.59. The van der Waals surface area contributed by atoms with E-state index in [1.54, 1.807) is 11.0 Å². The van der Waals surface area contributed by atoms with Crippen molar-refractivity contribution in [2.75, 3.05) is 0 Å². The second-order valence-electron chi connectivity index (χ2n) is 6.57. The van der Waals surface area contributed by atoms with Crippen molar-refractivity contribution in [3.63, 3.8) is 0 Å². The number of nitrogens with zero attached hydrogens (tertiary/aromatic N) is 1. The molecule has 0 fully saturated rings. The van der Waals surface area contributed by atoms with E-state index in [2.05, 4.69) is 5.32 Å². The molecule has 0 saturated carbocycles. The molecular weight excluding hydrogens is 336 g/mol. The van der Waals surface area contributed by atoms with Gasteiger partial charge in [0, 0.05) is 0 Å². The largest absolute Gasteiger partial charge is 0.325 e. The minimum atomic E-state index is -0.395. The molecule has 0 heterocycles. The Hall–Kier alpha value is -2.88. The van der Waals surface area contributed by atoms with E-state index in [0.29, 0.717) is 0 Å². The van der Waals surface area contributed by atoms with Gasteiger partial charge in [-0.3, -0.25) is 10.1 Å². The summed E-state index contributed by atoms with van der Waals surface area (Å²) in [6.45, 7) is 6.00. The van der Waals surface area contributed by atoms with Gasteiger partial charge in [0.15, 0.2) is 0 Å². The van der Waals surface area contributed by atoms with Gasteiger partial charge < -0.3 is 4.90 Å². The second-order valence-corrected chi connectivity index (χ2v) is 6.57. The van der Waals surface area contributed by atoms with Gasteiger partial charge in [-0.15, -0.1) is 0 Å². The van der Waals surface area contributed by atoms with Crippen molar-refractivity contribution in [1.82, 2.24) is 10.2 Å². The molecule has 27 heavy (non-hydrogen) atoms. The van der Waals surface area contributed by atoms with Gasteiger partial charge in [0.1, 0.15) is 0 Å². The second kappa shape index (κ2) is 10.3. The van der Waals surface area contributed by atoms with Gasteiger partial charge >= 0.3 is 6.03 Å². The van der Waals surface area contributed by atoms with Crippen molar-refractivity contribution in [3.05, 3.63) is 83.9 Å². The topological polar surface area (TPSA) is 49.4 Å². The van der Waals surface area contributed by atoms with Crippen molar-refractivity contribution in [3.8, 4) is 0 Å². The summed E-state index contributed by atoms with van der Waals surface area (Å²) in [5.74, 6) is -0.390. The number of amides is 3. The first-order chi connectivity index (χ1) is 13.0. The maximum Gasteiger partial charge on any atom is 0.325 e. The quantitative estimate of drug-likeness (QED) is 0.668. The van der Waals surface area contributed by atoms with E-state index in [9.17, 15) is 9.59 Å². The number of rotatable bonds is 7. The zero-order valence-electron chi connectivity index (χ0n) is 16.3. The molecule has 0 saturated heterocycles. The first-order valence-electron chi connectivity index (χ1n) is 9.44. The van der Waals surface area contributed by atoms with Crippen LogP contribution in [0.3, 0.4) is 0 Å². The molecule has 0 aliphatic carbocycles. The molecule has 2 aromatic rings. The SMILES string of the molecule is CCC/C=C/C(=O)NC(=O)N([C@@H](C)c1ccccc1)[C@@H](C)c1ccccc1. The van der Waals surface area contributed by atoms with Gasteiger partial charge in [-0.2, -0.15) is 0 Å². The third kappa shape index (κ3) is 5.81. The standard InChI is InChI=1S/C23H28N2O2/c1-4-5-8-17-22(26)24-23(27)25(18(2)20-13-9-6-10-14-20)19(3)21-15-11-7-12-16-21/h6-19H,4-5H2,1-3H3,(H,24,26,27)/b17-8+/t18-,19-/m0/s1. The summed E-state index contributed by atoms with van der Waals surface area (Å²) >= 11 is 0. The van der Waals surface area contributed by atoms with Crippen LogP contribution in [-0.2, 0) is 4.79 Å². The molecule has 2 rings (SSSR count). The fourth-order valence-corrected chi connectivity index (χ4v) is 3.04. The van der Waals surface area contributed by atoms with Crippen molar-refractivity contribution in [2.45, 2.75) is 45.7 Å². The maximum absolute atomic E-state index is 13.0. The molecule has 0 aliphatic rings. The Labute approximate surface area is 161 Å². The van der Waals surface area contributed by atoms with Crippen LogP contribution in [0.2, 0.25) is 0 Å². The highest BCUT2D eigenvalue weighted by Gasteiger charge is 2.28. The number of hydrogen-bond acceptors (Lipinski definition) is 2. The summed E-state index contributed by atoms with van der Waals surface area (Å²) in [5.41, 5.74) is 2.04. The zero-order chi connectivity index (χ0) is 19.6. The Morgan fingerprint density at radius 3 is 1.85 bits per heavy atom. The molecule has 4 heteroatoms. The van der Waals surface area contributed by atoms with E-state index < -0.39 is 6.03 Å². The highest BCUT2D eigenvalue weighted by atomic mass is 16.2. The molecule has 4 nitrogen and oxygen atoms in total. The van der Waals surface area contributed by atoms with Crippen LogP contribution in [0.15, 0.2) is 72.8 Å². The average molecular weight is 364 g/mol. The summed E-state index contributed by atoms with van der Waals surface area (Å²) in [6, 6.07) is 18.9. The molecule has 0 aromatic heterocycles. The molecule has 0 spiro atoms. The van der Waals surface area contributed by atoms with E-state index in [1.807, 2.05) is 81.4 Å². The molecule has 2 atom stereocenters. The number of benzene rings is 2. The van der Waals surface area contributed by atoms with E-state index in [4.69, 9.17) is 0 Å². The highest BCUT2D eigenvalue weighted by molar-refractivity contribution is 6.00. The summed E-state index contributed by atoms with van der Waals surface area (Å²) in [7, 11) is 0. The lowest BCUT2D eigenvalue weighted by Crippen LogP contribution is -2.44. The summed E-state index contributed by atoms with van der Waals surface area (Å²) in [4.78, 5) is 26.8. The monoisotopic (exact) mass is 364 g/mol. The number of imide groups is 1. The molecule has 1 N–H and O–H groups in total. The smallest absolute Gasteiger partial charge is 0.311 e. The van der Waals surface area contributed by atoms with Gasteiger partial charge in [-0.1, -0.05) is 80.1 Å². The van der Waals surface area contributed by atoms with Gasteiger partial charge in [-0.05, 0) is 37.5 Å². The van der Waals surface area contributed by atoms with Crippen molar-refractivity contribution < 1.29 is 9.59 Å². The van der Waals surface area contributed by atoms with Crippen molar-refractivity contribution in [1.29, 1.82) is 0 Å². The molecular formula is C23H28N2O2. The molecule has 2 aromatic carbocycles. The Kier molecular flexibility index (Phi) is 7.80. The van der Waals surface area contributed by atoms with E-state index in [0.717, 1.165) is 24.0 Å². The Morgan fingerprint density at radius 2 is 1.41 bits per heavy atom. The highest BCUT2D eigenvalue weighted by Crippen LogP contribution is 2.30. The lowest BCUT2D eigenvalue weighted by molar-refractivity contribution is -0.115. The molecule has 142 valence electrons. The van der Waals surface area contributed by atoms with Gasteiger partial charge in [-0.25, -0.2) is 4.79 Å². The lowest BCUT2D eigenvalue weighted by Gasteiger charge is -2.35. The van der Waals surface area contributed by atoms with Gasteiger partial charge in [0.05, 0.1) is 12.1 Å². The number of carbonyl (C=O) groups excluding carboxylic acids is 2. The van der Waals surface area contributed by atoms with Crippen LogP contribution in [-0.4, -0.2) is 16.8 Å². The lowest BCUT2D eigenvalue weighted by atomic mass is 10.0. The molecule has 0 unspecified atom stereocenters. The summed E-state index contributed by atoms with van der Waals surface area (Å²) in [6.07, 6.45) is 4.99. The van der Waals surface area contributed by atoms with Crippen LogP contribution in [0.5, 0.6) is 0 Å². The minimum Gasteiger partial charge on any atom is -0.311 e. The Bertz CT molecular complexity index is 711. The van der Waals surface area contributed by atoms with Crippen LogP contribution in [0.1, 0.15) is 56.8 Å². The predicted molar refractivity (Wildman–Crippen MR) is 109 cm³/mol. The number of allylic oxidation sites excluding steroid dienone is 1.